The Labute approximate surface area is 158 Å². The van der Waals surface area contributed by atoms with Crippen LogP contribution < -0.4 is 20.3 Å². The molecular weight excluding hydrogens is 345 g/mol. The lowest BCUT2D eigenvalue weighted by Crippen LogP contribution is -2.26. The molecule has 0 aliphatic carbocycles. The highest BCUT2D eigenvalue weighted by Crippen LogP contribution is 2.29. The number of aryl methyl sites for hydroxylation is 1. The molecule has 1 aromatic heterocycles. The first kappa shape index (κ1) is 18.7. The van der Waals surface area contributed by atoms with Crippen molar-refractivity contribution in [1.82, 2.24) is 4.98 Å². The zero-order chi connectivity index (χ0) is 19.4. The number of methoxy groups -OCH3 is 1. The Morgan fingerprint density at radius 2 is 1.96 bits per heavy atom. The molecule has 5 nitrogen and oxygen atoms in total. The number of benzene rings is 2. The van der Waals surface area contributed by atoms with E-state index in [1.807, 2.05) is 25.1 Å². The van der Waals surface area contributed by atoms with Crippen LogP contribution >= 0.6 is 0 Å². The lowest BCUT2D eigenvalue weighted by Gasteiger charge is -2.19. The largest absolute Gasteiger partial charge is 0.489 e. The van der Waals surface area contributed by atoms with Crippen molar-refractivity contribution in [1.29, 1.82) is 0 Å². The van der Waals surface area contributed by atoms with Gasteiger partial charge in [0.05, 0.1) is 12.8 Å². The van der Waals surface area contributed by atoms with Gasteiger partial charge in [0.1, 0.15) is 18.2 Å². The lowest BCUT2D eigenvalue weighted by molar-refractivity contribution is 0.305. The van der Waals surface area contributed by atoms with Crippen LogP contribution in [0.15, 0.2) is 54.7 Å². The number of hydrogen-bond acceptors (Lipinski definition) is 5. The van der Waals surface area contributed by atoms with Crippen LogP contribution in [0.5, 0.6) is 11.6 Å². The zero-order valence-corrected chi connectivity index (χ0v) is 15.6. The van der Waals surface area contributed by atoms with Gasteiger partial charge in [0.15, 0.2) is 0 Å². The Morgan fingerprint density at radius 3 is 2.63 bits per heavy atom. The summed E-state index contributed by atoms with van der Waals surface area (Å²) in [6, 6.07) is 14.0. The molecule has 1 heterocycles. The number of anilines is 1. The summed E-state index contributed by atoms with van der Waals surface area (Å²) in [7, 11) is 3.32. The van der Waals surface area contributed by atoms with Crippen LogP contribution in [0.1, 0.15) is 11.1 Å². The van der Waals surface area contributed by atoms with Crippen LogP contribution in [0.3, 0.4) is 0 Å². The Balaban J connectivity index is 1.85. The normalized spacial score (nSPS) is 10.6. The van der Waals surface area contributed by atoms with Gasteiger partial charge in [0.25, 0.3) is 0 Å². The van der Waals surface area contributed by atoms with Gasteiger partial charge in [-0.05, 0) is 42.8 Å². The van der Waals surface area contributed by atoms with Crippen LogP contribution in [0, 0.1) is 12.7 Å². The second kappa shape index (κ2) is 8.05. The molecular formula is C21H22FN3O2. The van der Waals surface area contributed by atoms with Crippen LogP contribution in [-0.4, -0.2) is 19.1 Å². The number of ether oxygens (including phenoxy) is 2. The van der Waals surface area contributed by atoms with Gasteiger partial charge < -0.3 is 14.5 Å². The summed E-state index contributed by atoms with van der Waals surface area (Å²) < 4.78 is 25.3. The minimum Gasteiger partial charge on any atom is -0.489 e. The standard InChI is InChI=1S/C21H22FN3O2/c1-14-5-4-6-20(25(2)23)18(14)13-27-16-8-9-19(22)17(11-16)15-7-10-21(26-3)24-12-15/h4-12H,13,23H2,1-3H3. The SMILES string of the molecule is COc1ccc(-c2cc(OCc3c(C)cccc3N(C)N)ccc2F)cn1. The average Bonchev–Trinajstić information content (AvgIpc) is 2.68. The van der Waals surface area contributed by atoms with Gasteiger partial charge in [-0.3, -0.25) is 0 Å². The van der Waals surface area contributed by atoms with E-state index in [0.717, 1.165) is 16.8 Å². The fraction of sp³-hybridized carbons (Fsp3) is 0.190. The van der Waals surface area contributed by atoms with E-state index in [-0.39, 0.29) is 5.82 Å². The second-order valence-corrected chi connectivity index (χ2v) is 6.20. The molecule has 3 rings (SSSR count). The number of nitrogens with two attached hydrogens (primary N) is 1. The Hall–Kier alpha value is -3.12. The monoisotopic (exact) mass is 367 g/mol. The maximum Gasteiger partial charge on any atom is 0.212 e. The van der Waals surface area contributed by atoms with E-state index in [1.54, 1.807) is 42.5 Å². The molecule has 0 fully saturated rings. The van der Waals surface area contributed by atoms with Gasteiger partial charge in [-0.25, -0.2) is 15.2 Å². The molecule has 6 heteroatoms. The molecule has 0 amide bonds. The number of aromatic nitrogens is 1. The first-order valence-corrected chi connectivity index (χ1v) is 8.49. The number of hydrogen-bond donors (Lipinski definition) is 1. The first-order chi connectivity index (χ1) is 13.0. The molecule has 2 aromatic carbocycles. The molecule has 140 valence electrons. The predicted molar refractivity (Wildman–Crippen MR) is 104 cm³/mol. The fourth-order valence-corrected chi connectivity index (χ4v) is 2.84. The van der Waals surface area contributed by atoms with E-state index >= 15 is 0 Å². The molecule has 0 spiro atoms. The van der Waals surface area contributed by atoms with Crippen molar-refractivity contribution in [2.75, 3.05) is 19.2 Å². The summed E-state index contributed by atoms with van der Waals surface area (Å²) in [5.74, 6) is 6.61. The minimum atomic E-state index is -0.340. The fourth-order valence-electron chi connectivity index (χ4n) is 2.84. The molecule has 0 radical (unpaired) electrons. The van der Waals surface area contributed by atoms with Gasteiger partial charge in [0, 0.05) is 36.0 Å². The highest BCUT2D eigenvalue weighted by atomic mass is 19.1. The van der Waals surface area contributed by atoms with Crippen LogP contribution in [-0.2, 0) is 6.61 Å². The summed E-state index contributed by atoms with van der Waals surface area (Å²) in [5.41, 5.74) is 4.02. The van der Waals surface area contributed by atoms with Crippen molar-refractivity contribution in [3.05, 3.63) is 71.7 Å². The summed E-state index contributed by atoms with van der Waals surface area (Å²) in [6.45, 7) is 2.33. The van der Waals surface area contributed by atoms with Crippen molar-refractivity contribution < 1.29 is 13.9 Å². The van der Waals surface area contributed by atoms with Crippen molar-refractivity contribution in [3.8, 4) is 22.8 Å². The average molecular weight is 367 g/mol. The third-order valence-electron chi connectivity index (χ3n) is 4.34. The summed E-state index contributed by atoms with van der Waals surface area (Å²) in [6.07, 6.45) is 1.57. The molecule has 3 aromatic rings. The molecule has 0 atom stereocenters. The minimum absolute atomic E-state index is 0.329. The summed E-state index contributed by atoms with van der Waals surface area (Å²) in [5, 5.41) is 1.56. The number of nitrogens with zero attached hydrogens (tertiary/aromatic N) is 2. The molecule has 0 bridgehead atoms. The molecule has 2 N–H and O–H groups in total. The van der Waals surface area contributed by atoms with Gasteiger partial charge >= 0.3 is 0 Å². The van der Waals surface area contributed by atoms with E-state index in [2.05, 4.69) is 4.98 Å². The predicted octanol–water partition coefficient (Wildman–Crippen LogP) is 4.09. The maximum absolute atomic E-state index is 14.3. The molecule has 0 unspecified atom stereocenters. The van der Waals surface area contributed by atoms with Crippen molar-refractivity contribution in [3.63, 3.8) is 0 Å². The quantitative estimate of drug-likeness (QED) is 0.525. The van der Waals surface area contributed by atoms with Crippen molar-refractivity contribution in [2.45, 2.75) is 13.5 Å². The van der Waals surface area contributed by atoms with Gasteiger partial charge in [-0.15, -0.1) is 0 Å². The van der Waals surface area contributed by atoms with E-state index < -0.39 is 0 Å². The molecule has 0 aliphatic heterocycles. The lowest BCUT2D eigenvalue weighted by atomic mass is 10.1. The number of hydrazine groups is 1. The summed E-state index contributed by atoms with van der Waals surface area (Å²) in [4.78, 5) is 4.13. The van der Waals surface area contributed by atoms with Gasteiger partial charge in [-0.2, -0.15) is 0 Å². The topological polar surface area (TPSA) is 60.6 Å². The number of halogens is 1. The highest BCUT2D eigenvalue weighted by Gasteiger charge is 2.11. The number of rotatable bonds is 6. The number of pyridine rings is 1. The highest BCUT2D eigenvalue weighted by molar-refractivity contribution is 5.65. The molecule has 0 saturated heterocycles. The van der Waals surface area contributed by atoms with E-state index in [9.17, 15) is 4.39 Å². The van der Waals surface area contributed by atoms with E-state index in [1.165, 1.54) is 13.2 Å². The third kappa shape index (κ3) is 4.17. The molecule has 0 aliphatic rings. The van der Waals surface area contributed by atoms with Crippen LogP contribution in [0.25, 0.3) is 11.1 Å². The van der Waals surface area contributed by atoms with E-state index in [0.29, 0.717) is 29.4 Å². The van der Waals surface area contributed by atoms with Gasteiger partial charge in [-0.1, -0.05) is 12.1 Å². The molecule has 0 saturated carbocycles. The Bertz CT molecular complexity index is 927. The smallest absolute Gasteiger partial charge is 0.212 e. The van der Waals surface area contributed by atoms with E-state index in [4.69, 9.17) is 15.3 Å². The first-order valence-electron chi connectivity index (χ1n) is 8.49. The third-order valence-corrected chi connectivity index (χ3v) is 4.34. The van der Waals surface area contributed by atoms with Crippen LogP contribution in [0.4, 0.5) is 10.1 Å². The van der Waals surface area contributed by atoms with Crippen molar-refractivity contribution >= 4 is 5.69 Å². The van der Waals surface area contributed by atoms with Gasteiger partial charge in [0.2, 0.25) is 5.88 Å². The summed E-state index contributed by atoms with van der Waals surface area (Å²) >= 11 is 0. The maximum atomic E-state index is 14.3. The van der Waals surface area contributed by atoms with Crippen molar-refractivity contribution in [2.24, 2.45) is 5.84 Å². The Morgan fingerprint density at radius 1 is 1.15 bits per heavy atom. The Kier molecular flexibility index (Phi) is 5.57. The second-order valence-electron chi connectivity index (χ2n) is 6.20. The van der Waals surface area contributed by atoms with Crippen LogP contribution in [0.2, 0.25) is 0 Å². The zero-order valence-electron chi connectivity index (χ0n) is 15.6. The molecule has 27 heavy (non-hydrogen) atoms.